The van der Waals surface area contributed by atoms with Gasteiger partial charge in [-0.1, -0.05) is 38.5 Å². The first-order valence-electron chi connectivity index (χ1n) is 12.6. The van der Waals surface area contributed by atoms with Crippen LogP contribution in [0.5, 0.6) is 0 Å². The Kier molecular flexibility index (Phi) is 9.34. The molecule has 3 fully saturated rings. The average Bonchev–Trinajstić information content (AvgIpc) is 3.18. The second-order valence-corrected chi connectivity index (χ2v) is 10.1. The van der Waals surface area contributed by atoms with E-state index in [4.69, 9.17) is 0 Å². The van der Waals surface area contributed by atoms with Gasteiger partial charge >= 0.3 is 11.9 Å². The summed E-state index contributed by atoms with van der Waals surface area (Å²) in [5.74, 6) is -1.15. The molecular weight excluding hydrogens is 410 g/mol. The van der Waals surface area contributed by atoms with Gasteiger partial charge in [0.1, 0.15) is 12.1 Å². The van der Waals surface area contributed by atoms with Gasteiger partial charge in [-0.05, 0) is 70.4 Å². The highest BCUT2D eigenvalue weighted by Gasteiger charge is 2.48. The number of hydrogen-bond donors (Lipinski definition) is 4. The van der Waals surface area contributed by atoms with Crippen molar-refractivity contribution in [3.63, 3.8) is 0 Å². The maximum atomic E-state index is 13.2. The van der Waals surface area contributed by atoms with Crippen molar-refractivity contribution in [3.05, 3.63) is 0 Å². The van der Waals surface area contributed by atoms with Crippen molar-refractivity contribution >= 4 is 17.8 Å². The first-order chi connectivity index (χ1) is 15.4. The number of fused-ring (bicyclic) bond motifs is 1. The quantitative estimate of drug-likeness (QED) is 0.357. The molecule has 0 spiro atoms. The summed E-state index contributed by atoms with van der Waals surface area (Å²) in [6.07, 6.45) is 11.5. The molecule has 32 heavy (non-hydrogen) atoms. The topological polar surface area (TPSA) is 119 Å². The smallest absolute Gasteiger partial charge is 0.326 e. The number of likely N-dealkylation sites (tertiary alicyclic amines) is 1. The Labute approximate surface area is 191 Å². The van der Waals surface area contributed by atoms with Crippen LogP contribution in [0, 0.1) is 11.8 Å². The Balaban J connectivity index is 1.48. The van der Waals surface area contributed by atoms with Gasteiger partial charge < -0.3 is 20.4 Å². The van der Waals surface area contributed by atoms with Crippen molar-refractivity contribution in [2.24, 2.45) is 11.8 Å². The molecule has 5 atom stereocenters. The van der Waals surface area contributed by atoms with E-state index in [0.29, 0.717) is 12.8 Å². The Bertz CT molecular complexity index is 652. The van der Waals surface area contributed by atoms with Crippen LogP contribution < -0.4 is 10.6 Å². The van der Waals surface area contributed by atoms with Crippen LogP contribution in [0.3, 0.4) is 0 Å². The van der Waals surface area contributed by atoms with Crippen LogP contribution >= 0.6 is 0 Å². The lowest BCUT2D eigenvalue weighted by atomic mass is 9.84. The molecule has 3 aliphatic rings. The monoisotopic (exact) mass is 451 g/mol. The predicted molar refractivity (Wildman–Crippen MR) is 121 cm³/mol. The first kappa shape index (κ1) is 25.0. The van der Waals surface area contributed by atoms with Gasteiger partial charge in [-0.2, -0.15) is 0 Å². The van der Waals surface area contributed by atoms with Crippen molar-refractivity contribution in [1.29, 1.82) is 0 Å². The molecule has 8 nitrogen and oxygen atoms in total. The SMILES string of the molecule is CC(NC(CCCCCC1CCNCC1)C(=O)O)C(=O)N1C(C(=O)O)CC2CCCCC21. The summed E-state index contributed by atoms with van der Waals surface area (Å²) >= 11 is 0. The summed E-state index contributed by atoms with van der Waals surface area (Å²) in [5, 5.41) is 25.7. The third-order valence-corrected chi connectivity index (χ3v) is 7.81. The molecule has 1 saturated carbocycles. The second-order valence-electron chi connectivity index (χ2n) is 10.1. The van der Waals surface area contributed by atoms with Crippen LogP contribution in [0.25, 0.3) is 0 Å². The van der Waals surface area contributed by atoms with Crippen LogP contribution in [-0.4, -0.2) is 70.2 Å². The highest BCUT2D eigenvalue weighted by molar-refractivity contribution is 5.88. The van der Waals surface area contributed by atoms with Crippen LogP contribution in [0.1, 0.15) is 84.0 Å². The first-order valence-corrected chi connectivity index (χ1v) is 12.6. The van der Waals surface area contributed by atoms with E-state index in [1.807, 2.05) is 0 Å². The molecule has 2 heterocycles. The zero-order valence-electron chi connectivity index (χ0n) is 19.4. The molecule has 0 radical (unpaired) electrons. The Morgan fingerprint density at radius 1 is 1.03 bits per heavy atom. The molecule has 5 unspecified atom stereocenters. The van der Waals surface area contributed by atoms with Gasteiger partial charge in [0.25, 0.3) is 0 Å². The highest BCUT2D eigenvalue weighted by atomic mass is 16.4. The highest BCUT2D eigenvalue weighted by Crippen LogP contribution is 2.40. The van der Waals surface area contributed by atoms with E-state index < -0.39 is 30.1 Å². The lowest BCUT2D eigenvalue weighted by molar-refractivity contribution is -0.151. The largest absolute Gasteiger partial charge is 0.480 e. The fourth-order valence-corrected chi connectivity index (χ4v) is 6.00. The number of aliphatic carboxylic acids is 2. The van der Waals surface area contributed by atoms with Crippen LogP contribution in [0.4, 0.5) is 0 Å². The molecule has 0 aromatic heterocycles. The Morgan fingerprint density at radius 2 is 1.75 bits per heavy atom. The minimum absolute atomic E-state index is 0.0279. The van der Waals surface area contributed by atoms with Gasteiger partial charge in [-0.15, -0.1) is 0 Å². The maximum Gasteiger partial charge on any atom is 0.326 e. The molecule has 0 bridgehead atoms. The number of carbonyl (C=O) groups is 3. The summed E-state index contributed by atoms with van der Waals surface area (Å²) < 4.78 is 0. The van der Waals surface area contributed by atoms with E-state index in [2.05, 4.69) is 10.6 Å². The van der Waals surface area contributed by atoms with E-state index in [9.17, 15) is 24.6 Å². The third kappa shape index (κ3) is 6.44. The third-order valence-electron chi connectivity index (χ3n) is 7.81. The van der Waals surface area contributed by atoms with Crippen molar-refractivity contribution in [2.45, 2.75) is 108 Å². The molecule has 2 saturated heterocycles. The van der Waals surface area contributed by atoms with Gasteiger partial charge in [0.2, 0.25) is 5.91 Å². The molecule has 4 N–H and O–H groups in total. The summed E-state index contributed by atoms with van der Waals surface area (Å²) in [4.78, 5) is 38.4. The predicted octanol–water partition coefficient (Wildman–Crippen LogP) is 2.61. The Morgan fingerprint density at radius 3 is 2.44 bits per heavy atom. The number of carboxylic acid groups (broad SMARTS) is 2. The van der Waals surface area contributed by atoms with E-state index in [-0.39, 0.29) is 17.9 Å². The van der Waals surface area contributed by atoms with E-state index in [1.54, 1.807) is 11.8 Å². The van der Waals surface area contributed by atoms with E-state index >= 15 is 0 Å². The van der Waals surface area contributed by atoms with Gasteiger partial charge in [-0.25, -0.2) is 4.79 Å². The van der Waals surface area contributed by atoms with Gasteiger partial charge in [0, 0.05) is 6.04 Å². The van der Waals surface area contributed by atoms with Crippen molar-refractivity contribution < 1.29 is 24.6 Å². The molecule has 0 aromatic rings. The number of rotatable bonds is 11. The lowest BCUT2D eigenvalue weighted by Gasteiger charge is -2.35. The zero-order valence-corrected chi connectivity index (χ0v) is 19.4. The number of amides is 1. The summed E-state index contributed by atoms with van der Waals surface area (Å²) in [5.41, 5.74) is 0. The number of nitrogens with one attached hydrogen (secondary N) is 2. The van der Waals surface area contributed by atoms with Crippen molar-refractivity contribution in [2.75, 3.05) is 13.1 Å². The molecule has 1 amide bonds. The molecule has 1 aliphatic carbocycles. The number of carbonyl (C=O) groups excluding carboxylic acids is 1. The molecule has 8 heteroatoms. The van der Waals surface area contributed by atoms with E-state index in [0.717, 1.165) is 64.0 Å². The van der Waals surface area contributed by atoms with Gasteiger partial charge in [0.05, 0.1) is 6.04 Å². The van der Waals surface area contributed by atoms with Crippen LogP contribution in [-0.2, 0) is 14.4 Å². The minimum Gasteiger partial charge on any atom is -0.480 e. The second kappa shape index (κ2) is 12.0. The fourth-order valence-electron chi connectivity index (χ4n) is 6.00. The van der Waals surface area contributed by atoms with Crippen molar-refractivity contribution in [3.8, 4) is 0 Å². The van der Waals surface area contributed by atoms with Gasteiger partial charge in [-0.3, -0.25) is 14.9 Å². The molecule has 182 valence electrons. The van der Waals surface area contributed by atoms with Crippen LogP contribution in [0.15, 0.2) is 0 Å². The minimum atomic E-state index is -0.955. The summed E-state index contributed by atoms with van der Waals surface area (Å²) in [6.45, 7) is 3.87. The Hall–Kier alpha value is -1.67. The number of piperidine rings is 1. The maximum absolute atomic E-state index is 13.2. The molecular formula is C24H41N3O5. The number of unbranched alkanes of at least 4 members (excludes halogenated alkanes) is 2. The van der Waals surface area contributed by atoms with E-state index in [1.165, 1.54) is 19.3 Å². The van der Waals surface area contributed by atoms with Crippen molar-refractivity contribution in [1.82, 2.24) is 15.5 Å². The summed E-state index contributed by atoms with van der Waals surface area (Å²) in [6, 6.07) is -2.33. The average molecular weight is 452 g/mol. The lowest BCUT2D eigenvalue weighted by Crippen LogP contribution is -2.55. The fraction of sp³-hybridized carbons (Fsp3) is 0.875. The molecule has 2 aliphatic heterocycles. The standard InChI is InChI=1S/C24H41N3O5/c1-16(22(28)27-20-10-6-5-8-18(20)15-21(27)24(31)32)26-19(23(29)30)9-4-2-3-7-17-11-13-25-14-12-17/h16-21,25-26H,2-15H2,1H3,(H,29,30)(H,31,32). The normalized spacial score (nSPS) is 28.2. The zero-order chi connectivity index (χ0) is 23.1. The molecule has 0 aromatic carbocycles. The van der Waals surface area contributed by atoms with Crippen LogP contribution in [0.2, 0.25) is 0 Å². The van der Waals surface area contributed by atoms with Gasteiger partial charge in [0.15, 0.2) is 0 Å². The number of carboxylic acids is 2. The number of hydrogen-bond acceptors (Lipinski definition) is 5. The molecule has 3 rings (SSSR count). The summed E-state index contributed by atoms with van der Waals surface area (Å²) in [7, 11) is 0. The number of nitrogens with zero attached hydrogens (tertiary/aromatic N) is 1.